The Morgan fingerprint density at radius 2 is 2.07 bits per heavy atom. The number of likely N-dealkylation sites (N-methyl/N-ethyl adjacent to an activating group) is 1. The maximum Gasteiger partial charge on any atom is 0.191 e. The highest BCUT2D eigenvalue weighted by molar-refractivity contribution is 5.80. The molecule has 2 N–H and O–H groups in total. The normalized spacial score (nSPS) is 22.2. The topological polar surface area (TPSA) is 52.1 Å². The fourth-order valence-electron chi connectivity index (χ4n) is 4.61. The van der Waals surface area contributed by atoms with Crippen LogP contribution in [0, 0.1) is 0 Å². The van der Waals surface area contributed by atoms with Gasteiger partial charge >= 0.3 is 0 Å². The predicted octanol–water partition coefficient (Wildman–Crippen LogP) is 2.87. The average molecular weight is 402 g/mol. The zero-order valence-electron chi connectivity index (χ0n) is 18.7. The summed E-state index contributed by atoms with van der Waals surface area (Å²) in [5, 5.41) is 7.13. The zero-order chi connectivity index (χ0) is 20.6. The molecule has 0 spiro atoms. The van der Waals surface area contributed by atoms with Gasteiger partial charge in [-0.25, -0.2) is 0 Å². The summed E-state index contributed by atoms with van der Waals surface area (Å²) in [5.41, 5.74) is 1.22. The number of benzene rings is 1. The minimum atomic E-state index is 0.208. The van der Waals surface area contributed by atoms with Crippen LogP contribution in [0.2, 0.25) is 0 Å². The van der Waals surface area contributed by atoms with E-state index in [-0.39, 0.29) is 6.04 Å². The van der Waals surface area contributed by atoms with Crippen LogP contribution in [0.5, 0.6) is 5.75 Å². The van der Waals surface area contributed by atoms with Gasteiger partial charge in [-0.1, -0.05) is 25.0 Å². The molecule has 1 aromatic rings. The van der Waals surface area contributed by atoms with E-state index in [0.717, 1.165) is 30.8 Å². The highest BCUT2D eigenvalue weighted by atomic mass is 16.5. The summed E-state index contributed by atoms with van der Waals surface area (Å²) < 4.78 is 5.41. The molecule has 2 aliphatic rings. The number of nitrogens with zero attached hydrogens (tertiary/aromatic N) is 3. The van der Waals surface area contributed by atoms with Crippen LogP contribution in [0.4, 0.5) is 0 Å². The number of likely N-dealkylation sites (tertiary alicyclic amines) is 1. The second-order valence-corrected chi connectivity index (χ2v) is 8.54. The van der Waals surface area contributed by atoms with Gasteiger partial charge in [-0.15, -0.1) is 0 Å². The van der Waals surface area contributed by atoms with Crippen molar-refractivity contribution >= 4 is 5.96 Å². The first-order valence-electron chi connectivity index (χ1n) is 11.2. The molecule has 6 heteroatoms. The van der Waals surface area contributed by atoms with E-state index in [1.54, 1.807) is 7.11 Å². The number of ether oxygens (including phenoxy) is 1. The lowest BCUT2D eigenvalue weighted by molar-refractivity contribution is 0.242. The Labute approximate surface area is 176 Å². The minimum absolute atomic E-state index is 0.208. The van der Waals surface area contributed by atoms with Crippen molar-refractivity contribution in [1.29, 1.82) is 0 Å². The third-order valence-electron chi connectivity index (χ3n) is 6.27. The van der Waals surface area contributed by atoms with Gasteiger partial charge in [0.1, 0.15) is 5.75 Å². The lowest BCUT2D eigenvalue weighted by atomic mass is 10.1. The molecule has 1 aliphatic heterocycles. The van der Waals surface area contributed by atoms with Gasteiger partial charge in [0.15, 0.2) is 5.96 Å². The van der Waals surface area contributed by atoms with Crippen LogP contribution < -0.4 is 15.4 Å². The lowest BCUT2D eigenvalue weighted by Crippen LogP contribution is -2.45. The monoisotopic (exact) mass is 401 g/mol. The standard InChI is InChI=1S/C23H39N5O/c1-5-24-23(26-19-13-14-28(17-19)20-10-6-7-11-20)25-16-22(27(2)3)18-9-8-12-21(15-18)29-4/h8-9,12,15,19-20,22H,5-7,10-11,13-14,16-17H2,1-4H3,(H2,24,25,26). The number of hydrogen-bond acceptors (Lipinski definition) is 4. The molecular formula is C23H39N5O. The van der Waals surface area contributed by atoms with Crippen LogP contribution in [-0.4, -0.2) is 75.2 Å². The third kappa shape index (κ3) is 6.09. The summed E-state index contributed by atoms with van der Waals surface area (Å²) in [7, 11) is 5.93. The van der Waals surface area contributed by atoms with Gasteiger partial charge in [0.25, 0.3) is 0 Å². The van der Waals surface area contributed by atoms with Gasteiger partial charge in [-0.05, 0) is 58.0 Å². The summed E-state index contributed by atoms with van der Waals surface area (Å²) in [6.45, 7) is 6.06. The molecule has 2 unspecified atom stereocenters. The first kappa shape index (κ1) is 21.9. The molecule has 29 heavy (non-hydrogen) atoms. The predicted molar refractivity (Wildman–Crippen MR) is 121 cm³/mol. The molecular weight excluding hydrogens is 362 g/mol. The van der Waals surface area contributed by atoms with E-state index in [1.165, 1.54) is 44.2 Å². The molecule has 0 amide bonds. The van der Waals surface area contributed by atoms with Crippen molar-refractivity contribution in [2.45, 2.75) is 57.2 Å². The fourth-order valence-corrected chi connectivity index (χ4v) is 4.61. The lowest BCUT2D eigenvalue weighted by Gasteiger charge is -2.25. The molecule has 1 saturated heterocycles. The van der Waals surface area contributed by atoms with Gasteiger partial charge in [0.2, 0.25) is 0 Å². The fraction of sp³-hybridized carbons (Fsp3) is 0.696. The van der Waals surface area contributed by atoms with Crippen molar-refractivity contribution in [3.8, 4) is 5.75 Å². The highest BCUT2D eigenvalue weighted by Gasteiger charge is 2.30. The molecule has 2 fully saturated rings. The molecule has 6 nitrogen and oxygen atoms in total. The van der Waals surface area contributed by atoms with Crippen LogP contribution in [0.15, 0.2) is 29.3 Å². The summed E-state index contributed by atoms with van der Waals surface area (Å²) in [6, 6.07) is 9.81. The minimum Gasteiger partial charge on any atom is -0.497 e. The van der Waals surface area contributed by atoms with Crippen molar-refractivity contribution in [3.05, 3.63) is 29.8 Å². The summed E-state index contributed by atoms with van der Waals surface area (Å²) in [6.07, 6.45) is 6.77. The molecule has 1 heterocycles. The van der Waals surface area contributed by atoms with Crippen LogP contribution >= 0.6 is 0 Å². The first-order valence-corrected chi connectivity index (χ1v) is 11.2. The number of guanidine groups is 1. The van der Waals surface area contributed by atoms with Crippen molar-refractivity contribution in [3.63, 3.8) is 0 Å². The number of hydrogen-bond donors (Lipinski definition) is 2. The van der Waals surface area contributed by atoms with E-state index in [4.69, 9.17) is 9.73 Å². The second kappa shape index (κ2) is 10.8. The molecule has 2 atom stereocenters. The maximum absolute atomic E-state index is 5.41. The molecule has 0 bridgehead atoms. The highest BCUT2D eigenvalue weighted by Crippen LogP contribution is 2.26. The molecule has 162 valence electrons. The van der Waals surface area contributed by atoms with E-state index in [9.17, 15) is 0 Å². The maximum atomic E-state index is 5.41. The van der Waals surface area contributed by atoms with Crippen molar-refractivity contribution < 1.29 is 4.74 Å². The van der Waals surface area contributed by atoms with E-state index in [1.807, 2.05) is 12.1 Å². The Morgan fingerprint density at radius 1 is 1.28 bits per heavy atom. The SMILES string of the molecule is CCNC(=NCC(c1cccc(OC)c1)N(C)C)NC1CCN(C2CCCC2)C1. The Hall–Kier alpha value is -1.79. The second-order valence-electron chi connectivity index (χ2n) is 8.54. The van der Waals surface area contributed by atoms with Crippen LogP contribution in [0.3, 0.4) is 0 Å². The number of rotatable bonds is 8. The van der Waals surface area contributed by atoms with Gasteiger partial charge in [0, 0.05) is 31.7 Å². The van der Waals surface area contributed by atoms with E-state index in [2.05, 4.69) is 53.6 Å². The molecule has 0 radical (unpaired) electrons. The van der Waals surface area contributed by atoms with Crippen LogP contribution in [-0.2, 0) is 0 Å². The van der Waals surface area contributed by atoms with Crippen molar-refractivity contribution in [2.24, 2.45) is 4.99 Å². The Kier molecular flexibility index (Phi) is 8.19. The zero-order valence-corrected chi connectivity index (χ0v) is 18.7. The molecule has 1 aromatic carbocycles. The van der Waals surface area contributed by atoms with Gasteiger partial charge < -0.3 is 20.3 Å². The quantitative estimate of drug-likeness (QED) is 0.518. The molecule has 0 aromatic heterocycles. The first-order chi connectivity index (χ1) is 14.1. The van der Waals surface area contributed by atoms with Gasteiger partial charge in [0.05, 0.1) is 19.7 Å². The summed E-state index contributed by atoms with van der Waals surface area (Å²) in [5.74, 6) is 1.82. The average Bonchev–Trinajstić information content (AvgIpc) is 3.40. The number of aliphatic imine (C=N–C) groups is 1. The molecule has 1 saturated carbocycles. The van der Waals surface area contributed by atoms with E-state index in [0.29, 0.717) is 12.6 Å². The molecule has 3 rings (SSSR count). The Bertz CT molecular complexity index is 656. The van der Waals surface area contributed by atoms with Crippen molar-refractivity contribution in [2.75, 3.05) is 47.4 Å². The van der Waals surface area contributed by atoms with Gasteiger partial charge in [-0.3, -0.25) is 9.89 Å². The third-order valence-corrected chi connectivity index (χ3v) is 6.27. The van der Waals surface area contributed by atoms with Crippen LogP contribution in [0.25, 0.3) is 0 Å². The Morgan fingerprint density at radius 3 is 2.76 bits per heavy atom. The van der Waals surface area contributed by atoms with E-state index >= 15 is 0 Å². The number of nitrogens with one attached hydrogen (secondary N) is 2. The molecule has 1 aliphatic carbocycles. The Balaban J connectivity index is 1.62. The largest absolute Gasteiger partial charge is 0.497 e. The van der Waals surface area contributed by atoms with Gasteiger partial charge in [-0.2, -0.15) is 0 Å². The summed E-state index contributed by atoms with van der Waals surface area (Å²) in [4.78, 5) is 9.86. The van der Waals surface area contributed by atoms with Crippen molar-refractivity contribution in [1.82, 2.24) is 20.4 Å². The van der Waals surface area contributed by atoms with Crippen LogP contribution in [0.1, 0.15) is 50.6 Å². The smallest absolute Gasteiger partial charge is 0.191 e. The van der Waals surface area contributed by atoms with E-state index < -0.39 is 0 Å². The summed E-state index contributed by atoms with van der Waals surface area (Å²) >= 11 is 0. The number of methoxy groups -OCH3 is 1.